The van der Waals surface area contributed by atoms with Gasteiger partial charge in [0.25, 0.3) is 0 Å². The Morgan fingerprint density at radius 3 is 2.75 bits per heavy atom. The van der Waals surface area contributed by atoms with Gasteiger partial charge in [-0.05, 0) is 31.4 Å². The fourth-order valence-electron chi connectivity index (χ4n) is 3.35. The number of benzene rings is 1. The van der Waals surface area contributed by atoms with Crippen LogP contribution in [0.2, 0.25) is 0 Å². The van der Waals surface area contributed by atoms with E-state index in [4.69, 9.17) is 0 Å². The molecular formula is C18H25ClN4O. The molecule has 5 nitrogen and oxygen atoms in total. The number of likely N-dealkylation sites (N-methyl/N-ethyl adjacent to an activating group) is 1. The molecule has 2 heterocycles. The van der Waals surface area contributed by atoms with Crippen molar-refractivity contribution in [3.05, 3.63) is 53.9 Å². The molecule has 1 aromatic heterocycles. The number of amides is 1. The SMILES string of the molecule is CNC(C(=O)N1CCC(Cc2ccccc2)C1)c1cnn(C)c1.Cl. The topological polar surface area (TPSA) is 50.2 Å². The molecule has 1 fully saturated rings. The monoisotopic (exact) mass is 348 g/mol. The number of aromatic nitrogens is 2. The van der Waals surface area contributed by atoms with Crippen molar-refractivity contribution in [2.24, 2.45) is 13.0 Å². The van der Waals surface area contributed by atoms with Crippen molar-refractivity contribution in [1.29, 1.82) is 0 Å². The van der Waals surface area contributed by atoms with Crippen molar-refractivity contribution < 1.29 is 4.79 Å². The van der Waals surface area contributed by atoms with Gasteiger partial charge >= 0.3 is 0 Å². The molecule has 0 spiro atoms. The first-order valence-corrected chi connectivity index (χ1v) is 8.16. The molecule has 1 amide bonds. The largest absolute Gasteiger partial charge is 0.341 e. The highest BCUT2D eigenvalue weighted by molar-refractivity contribution is 5.85. The molecule has 1 aliphatic heterocycles. The van der Waals surface area contributed by atoms with E-state index in [9.17, 15) is 4.79 Å². The number of carbonyl (C=O) groups is 1. The lowest BCUT2D eigenvalue weighted by molar-refractivity contribution is -0.132. The molecule has 0 radical (unpaired) electrons. The summed E-state index contributed by atoms with van der Waals surface area (Å²) in [7, 11) is 3.69. The van der Waals surface area contributed by atoms with E-state index in [0.717, 1.165) is 31.5 Å². The second-order valence-corrected chi connectivity index (χ2v) is 6.30. The Kier molecular flexibility index (Phi) is 6.40. The van der Waals surface area contributed by atoms with Crippen LogP contribution < -0.4 is 5.32 Å². The minimum absolute atomic E-state index is 0. The van der Waals surface area contributed by atoms with E-state index in [-0.39, 0.29) is 24.4 Å². The van der Waals surface area contributed by atoms with Crippen molar-refractivity contribution in [3.63, 3.8) is 0 Å². The van der Waals surface area contributed by atoms with E-state index < -0.39 is 0 Å². The second-order valence-electron chi connectivity index (χ2n) is 6.30. The van der Waals surface area contributed by atoms with Gasteiger partial charge in [0.2, 0.25) is 5.91 Å². The molecule has 0 aliphatic carbocycles. The van der Waals surface area contributed by atoms with Crippen LogP contribution in [0.25, 0.3) is 0 Å². The van der Waals surface area contributed by atoms with Gasteiger partial charge in [-0.25, -0.2) is 0 Å². The summed E-state index contributed by atoms with van der Waals surface area (Å²) in [6, 6.07) is 10.2. The lowest BCUT2D eigenvalue weighted by atomic mass is 9.99. The van der Waals surface area contributed by atoms with Gasteiger partial charge in [-0.2, -0.15) is 5.10 Å². The molecule has 1 saturated heterocycles. The van der Waals surface area contributed by atoms with E-state index in [2.05, 4.69) is 34.7 Å². The molecule has 2 unspecified atom stereocenters. The number of rotatable bonds is 5. The summed E-state index contributed by atoms with van der Waals surface area (Å²) in [5.41, 5.74) is 2.27. The van der Waals surface area contributed by atoms with Gasteiger partial charge in [0.15, 0.2) is 0 Å². The van der Waals surface area contributed by atoms with Crippen LogP contribution in [-0.4, -0.2) is 40.7 Å². The Morgan fingerprint density at radius 1 is 1.38 bits per heavy atom. The van der Waals surface area contributed by atoms with Gasteiger partial charge in [-0.15, -0.1) is 12.4 Å². The van der Waals surface area contributed by atoms with Gasteiger partial charge < -0.3 is 10.2 Å². The maximum absolute atomic E-state index is 12.8. The summed E-state index contributed by atoms with van der Waals surface area (Å²) in [5, 5.41) is 7.30. The average Bonchev–Trinajstić information content (AvgIpc) is 3.18. The molecular weight excluding hydrogens is 324 g/mol. The van der Waals surface area contributed by atoms with E-state index in [1.165, 1.54) is 5.56 Å². The third kappa shape index (κ3) is 4.16. The van der Waals surface area contributed by atoms with Gasteiger partial charge in [-0.3, -0.25) is 9.48 Å². The zero-order chi connectivity index (χ0) is 16.2. The molecule has 24 heavy (non-hydrogen) atoms. The molecule has 6 heteroatoms. The molecule has 1 N–H and O–H groups in total. The van der Waals surface area contributed by atoms with Gasteiger partial charge in [-0.1, -0.05) is 30.3 Å². The Labute approximate surface area is 149 Å². The van der Waals surface area contributed by atoms with Crippen molar-refractivity contribution in [1.82, 2.24) is 20.0 Å². The lowest BCUT2D eigenvalue weighted by Crippen LogP contribution is -2.38. The Bertz CT molecular complexity index is 658. The molecule has 2 atom stereocenters. The molecule has 3 rings (SSSR count). The predicted molar refractivity (Wildman–Crippen MR) is 97.1 cm³/mol. The Morgan fingerprint density at radius 2 is 2.12 bits per heavy atom. The maximum Gasteiger partial charge on any atom is 0.244 e. The number of nitrogens with zero attached hydrogens (tertiary/aromatic N) is 3. The number of hydrogen-bond donors (Lipinski definition) is 1. The van der Waals surface area contributed by atoms with Crippen LogP contribution in [0, 0.1) is 5.92 Å². The highest BCUT2D eigenvalue weighted by Crippen LogP contribution is 2.24. The van der Waals surface area contributed by atoms with Crippen molar-refractivity contribution in [2.75, 3.05) is 20.1 Å². The highest BCUT2D eigenvalue weighted by Gasteiger charge is 2.31. The number of halogens is 1. The normalized spacial score (nSPS) is 18.2. The first-order valence-electron chi connectivity index (χ1n) is 8.16. The number of likely N-dealkylation sites (tertiary alicyclic amines) is 1. The van der Waals surface area contributed by atoms with Gasteiger partial charge in [0, 0.05) is 31.9 Å². The van der Waals surface area contributed by atoms with Crippen molar-refractivity contribution >= 4 is 18.3 Å². The smallest absolute Gasteiger partial charge is 0.244 e. The van der Waals surface area contributed by atoms with Crippen LogP contribution in [0.15, 0.2) is 42.7 Å². The first kappa shape index (κ1) is 18.5. The molecule has 1 aromatic carbocycles. The molecule has 2 aromatic rings. The number of nitrogens with one attached hydrogen (secondary N) is 1. The molecule has 1 aliphatic rings. The number of carbonyl (C=O) groups excluding carboxylic acids is 1. The highest BCUT2D eigenvalue weighted by atomic mass is 35.5. The first-order chi connectivity index (χ1) is 11.2. The molecule has 0 saturated carbocycles. The molecule has 0 bridgehead atoms. The fourth-order valence-corrected chi connectivity index (χ4v) is 3.35. The maximum atomic E-state index is 12.8. The summed E-state index contributed by atoms with van der Waals surface area (Å²) >= 11 is 0. The minimum atomic E-state index is -0.306. The second kappa shape index (κ2) is 8.31. The van der Waals surface area contributed by atoms with Crippen LogP contribution in [0.5, 0.6) is 0 Å². The summed E-state index contributed by atoms with van der Waals surface area (Å²) in [4.78, 5) is 14.8. The van der Waals surface area contributed by atoms with Crippen LogP contribution >= 0.6 is 12.4 Å². The number of hydrogen-bond acceptors (Lipinski definition) is 3. The Hall–Kier alpha value is -1.85. The van der Waals surface area contributed by atoms with Crippen molar-refractivity contribution in [3.8, 4) is 0 Å². The molecule has 130 valence electrons. The summed E-state index contributed by atoms with van der Waals surface area (Å²) in [6.45, 7) is 1.68. The predicted octanol–water partition coefficient (Wildman–Crippen LogP) is 2.19. The minimum Gasteiger partial charge on any atom is -0.341 e. The lowest BCUT2D eigenvalue weighted by Gasteiger charge is -2.22. The quantitative estimate of drug-likeness (QED) is 0.901. The average molecular weight is 349 g/mol. The van der Waals surface area contributed by atoms with E-state index >= 15 is 0 Å². The standard InChI is InChI=1S/C18H24N4O.ClH/c1-19-17(16-11-20-21(2)13-16)18(23)22-9-8-15(12-22)10-14-6-4-3-5-7-14;/h3-7,11,13,15,17,19H,8-10,12H2,1-2H3;1H. The summed E-state index contributed by atoms with van der Waals surface area (Å²) in [5.74, 6) is 0.698. The third-order valence-corrected chi connectivity index (χ3v) is 4.56. The van der Waals surface area contributed by atoms with E-state index in [1.54, 1.807) is 10.9 Å². The summed E-state index contributed by atoms with van der Waals surface area (Å²) in [6.07, 6.45) is 5.78. The summed E-state index contributed by atoms with van der Waals surface area (Å²) < 4.78 is 1.73. The fraction of sp³-hybridized carbons (Fsp3) is 0.444. The van der Waals surface area contributed by atoms with Crippen LogP contribution in [-0.2, 0) is 18.3 Å². The van der Waals surface area contributed by atoms with Crippen LogP contribution in [0.1, 0.15) is 23.6 Å². The van der Waals surface area contributed by atoms with E-state index in [1.807, 2.05) is 31.3 Å². The van der Waals surface area contributed by atoms with Gasteiger partial charge in [0.05, 0.1) is 6.20 Å². The number of aryl methyl sites for hydroxylation is 1. The van der Waals surface area contributed by atoms with E-state index in [0.29, 0.717) is 5.92 Å². The third-order valence-electron chi connectivity index (χ3n) is 4.56. The van der Waals surface area contributed by atoms with Crippen LogP contribution in [0.3, 0.4) is 0 Å². The van der Waals surface area contributed by atoms with Crippen LogP contribution in [0.4, 0.5) is 0 Å². The Balaban J connectivity index is 0.00000208. The van der Waals surface area contributed by atoms with Crippen molar-refractivity contribution in [2.45, 2.75) is 18.9 Å². The zero-order valence-electron chi connectivity index (χ0n) is 14.2. The zero-order valence-corrected chi connectivity index (χ0v) is 15.0. The van der Waals surface area contributed by atoms with Gasteiger partial charge in [0.1, 0.15) is 6.04 Å².